The third-order valence-electron chi connectivity index (χ3n) is 4.64. The Hall–Kier alpha value is -1.06. The monoisotopic (exact) mass is 260 g/mol. The van der Waals surface area contributed by atoms with Gasteiger partial charge in [0.15, 0.2) is 0 Å². The Bertz CT molecular complexity index is 440. The van der Waals surface area contributed by atoms with Crippen molar-refractivity contribution in [3.8, 4) is 0 Å². The third-order valence-corrected chi connectivity index (χ3v) is 4.64. The minimum atomic E-state index is -0.0863. The van der Waals surface area contributed by atoms with Crippen molar-refractivity contribution >= 4 is 5.69 Å². The number of hydrogen-bond acceptors (Lipinski definition) is 3. The van der Waals surface area contributed by atoms with Crippen molar-refractivity contribution in [3.63, 3.8) is 0 Å². The SMILES string of the molecule is CC1CCc2ccccc2N1CC1(N)CCOCC1. The fraction of sp³-hybridized carbons (Fsp3) is 0.625. The summed E-state index contributed by atoms with van der Waals surface area (Å²) in [6.45, 7) is 4.88. The molecule has 3 heteroatoms. The Morgan fingerprint density at radius 2 is 2.05 bits per heavy atom. The maximum Gasteiger partial charge on any atom is 0.0484 e. The number of nitrogens with zero attached hydrogens (tertiary/aromatic N) is 1. The molecule has 1 aromatic rings. The zero-order valence-electron chi connectivity index (χ0n) is 11.8. The highest BCUT2D eigenvalue weighted by Crippen LogP contribution is 2.32. The highest BCUT2D eigenvalue weighted by molar-refractivity contribution is 5.56. The van der Waals surface area contributed by atoms with Gasteiger partial charge >= 0.3 is 0 Å². The summed E-state index contributed by atoms with van der Waals surface area (Å²) >= 11 is 0. The molecule has 0 bridgehead atoms. The highest BCUT2D eigenvalue weighted by atomic mass is 16.5. The van der Waals surface area contributed by atoms with Crippen molar-refractivity contribution in [1.29, 1.82) is 0 Å². The lowest BCUT2D eigenvalue weighted by atomic mass is 9.88. The third kappa shape index (κ3) is 2.63. The predicted octanol–water partition coefficient (Wildman–Crippen LogP) is 2.34. The average Bonchev–Trinajstić information content (AvgIpc) is 2.43. The van der Waals surface area contributed by atoms with Crippen molar-refractivity contribution in [2.75, 3.05) is 24.7 Å². The second-order valence-corrected chi connectivity index (χ2v) is 6.12. The van der Waals surface area contributed by atoms with E-state index >= 15 is 0 Å². The summed E-state index contributed by atoms with van der Waals surface area (Å²) in [5, 5.41) is 0. The summed E-state index contributed by atoms with van der Waals surface area (Å²) in [7, 11) is 0. The standard InChI is InChI=1S/C16H24N2O/c1-13-6-7-14-4-2-3-5-15(14)18(13)12-16(17)8-10-19-11-9-16/h2-5,13H,6-12,17H2,1H3. The van der Waals surface area contributed by atoms with Gasteiger partial charge in [-0.05, 0) is 44.2 Å². The number of ether oxygens (including phenoxy) is 1. The van der Waals surface area contributed by atoms with Gasteiger partial charge in [-0.1, -0.05) is 18.2 Å². The molecule has 0 saturated carbocycles. The van der Waals surface area contributed by atoms with Gasteiger partial charge in [0.2, 0.25) is 0 Å². The van der Waals surface area contributed by atoms with Crippen LogP contribution in [0.2, 0.25) is 0 Å². The lowest BCUT2D eigenvalue weighted by molar-refractivity contribution is 0.0547. The van der Waals surface area contributed by atoms with Crippen LogP contribution in [0.4, 0.5) is 5.69 Å². The van der Waals surface area contributed by atoms with Crippen LogP contribution >= 0.6 is 0 Å². The van der Waals surface area contributed by atoms with E-state index in [0.29, 0.717) is 6.04 Å². The van der Waals surface area contributed by atoms with Gasteiger partial charge < -0.3 is 15.4 Å². The summed E-state index contributed by atoms with van der Waals surface area (Å²) in [6.07, 6.45) is 4.36. The Kier molecular flexibility index (Phi) is 3.50. The van der Waals surface area contributed by atoms with Crippen LogP contribution in [0.5, 0.6) is 0 Å². The molecule has 3 nitrogen and oxygen atoms in total. The topological polar surface area (TPSA) is 38.5 Å². The smallest absolute Gasteiger partial charge is 0.0484 e. The van der Waals surface area contributed by atoms with E-state index in [1.807, 2.05) is 0 Å². The van der Waals surface area contributed by atoms with Crippen molar-refractivity contribution in [2.24, 2.45) is 5.73 Å². The van der Waals surface area contributed by atoms with E-state index in [9.17, 15) is 0 Å². The minimum Gasteiger partial charge on any atom is -0.381 e. The van der Waals surface area contributed by atoms with Gasteiger partial charge in [-0.3, -0.25) is 0 Å². The molecule has 1 saturated heterocycles. The molecular weight excluding hydrogens is 236 g/mol. The molecule has 0 spiro atoms. The van der Waals surface area contributed by atoms with E-state index in [-0.39, 0.29) is 5.54 Å². The molecule has 1 atom stereocenters. The molecule has 2 N–H and O–H groups in total. The van der Waals surface area contributed by atoms with Crippen molar-refractivity contribution in [2.45, 2.75) is 44.2 Å². The van der Waals surface area contributed by atoms with Gasteiger partial charge in [-0.2, -0.15) is 0 Å². The predicted molar refractivity (Wildman–Crippen MR) is 78.5 cm³/mol. The van der Waals surface area contributed by atoms with E-state index in [4.69, 9.17) is 10.5 Å². The Labute approximate surface area is 115 Å². The Morgan fingerprint density at radius 3 is 2.84 bits per heavy atom. The molecule has 0 aromatic heterocycles. The first kappa shape index (κ1) is 12.9. The number of fused-ring (bicyclic) bond motifs is 1. The average molecular weight is 260 g/mol. The van der Waals surface area contributed by atoms with Gasteiger partial charge in [-0.15, -0.1) is 0 Å². The van der Waals surface area contributed by atoms with Crippen LogP contribution in [0.15, 0.2) is 24.3 Å². The quantitative estimate of drug-likeness (QED) is 0.887. The van der Waals surface area contributed by atoms with Crippen LogP contribution in [0.25, 0.3) is 0 Å². The van der Waals surface area contributed by atoms with Crippen LogP contribution in [0, 0.1) is 0 Å². The fourth-order valence-corrected chi connectivity index (χ4v) is 3.28. The summed E-state index contributed by atoms with van der Waals surface area (Å²) in [5.74, 6) is 0. The molecule has 3 rings (SSSR count). The number of para-hydroxylation sites is 1. The number of nitrogens with two attached hydrogens (primary N) is 1. The first-order chi connectivity index (χ1) is 9.18. The fourth-order valence-electron chi connectivity index (χ4n) is 3.28. The molecule has 0 amide bonds. The summed E-state index contributed by atoms with van der Waals surface area (Å²) in [5.41, 5.74) is 9.36. The molecule has 19 heavy (non-hydrogen) atoms. The lowest BCUT2D eigenvalue weighted by Gasteiger charge is -2.44. The van der Waals surface area contributed by atoms with Gasteiger partial charge in [0.05, 0.1) is 0 Å². The van der Waals surface area contributed by atoms with Gasteiger partial charge in [0.1, 0.15) is 0 Å². The molecule has 2 heterocycles. The van der Waals surface area contributed by atoms with Crippen LogP contribution < -0.4 is 10.6 Å². The normalized spacial score (nSPS) is 26.0. The largest absolute Gasteiger partial charge is 0.381 e. The van der Waals surface area contributed by atoms with Crippen molar-refractivity contribution in [1.82, 2.24) is 0 Å². The van der Waals surface area contributed by atoms with Crippen molar-refractivity contribution < 1.29 is 4.74 Å². The molecular formula is C16H24N2O. The molecule has 0 radical (unpaired) electrons. The first-order valence-electron chi connectivity index (χ1n) is 7.39. The molecule has 1 fully saturated rings. The zero-order chi connectivity index (χ0) is 13.3. The second kappa shape index (κ2) is 5.14. The van der Waals surface area contributed by atoms with E-state index in [1.54, 1.807) is 0 Å². The number of aryl methyl sites for hydroxylation is 1. The van der Waals surface area contributed by atoms with E-state index in [1.165, 1.54) is 24.1 Å². The summed E-state index contributed by atoms with van der Waals surface area (Å²) in [4.78, 5) is 2.52. The van der Waals surface area contributed by atoms with E-state index < -0.39 is 0 Å². The maximum absolute atomic E-state index is 6.59. The number of benzene rings is 1. The van der Waals surface area contributed by atoms with E-state index in [2.05, 4.69) is 36.1 Å². The maximum atomic E-state index is 6.59. The van der Waals surface area contributed by atoms with E-state index in [0.717, 1.165) is 32.6 Å². The summed E-state index contributed by atoms with van der Waals surface area (Å²) in [6, 6.07) is 9.35. The molecule has 2 aliphatic rings. The number of anilines is 1. The molecule has 104 valence electrons. The Morgan fingerprint density at radius 1 is 1.32 bits per heavy atom. The molecule has 2 aliphatic heterocycles. The Balaban J connectivity index is 1.83. The van der Waals surface area contributed by atoms with Crippen LogP contribution in [0.3, 0.4) is 0 Å². The minimum absolute atomic E-state index is 0.0863. The molecule has 1 aromatic carbocycles. The lowest BCUT2D eigenvalue weighted by Crippen LogP contribution is -2.56. The van der Waals surface area contributed by atoms with Gasteiger partial charge in [-0.25, -0.2) is 0 Å². The first-order valence-corrected chi connectivity index (χ1v) is 7.39. The van der Waals surface area contributed by atoms with Crippen LogP contribution in [-0.4, -0.2) is 31.3 Å². The van der Waals surface area contributed by atoms with Gasteiger partial charge in [0, 0.05) is 37.0 Å². The van der Waals surface area contributed by atoms with Crippen molar-refractivity contribution in [3.05, 3.63) is 29.8 Å². The number of hydrogen-bond donors (Lipinski definition) is 1. The zero-order valence-corrected chi connectivity index (χ0v) is 11.8. The van der Waals surface area contributed by atoms with Gasteiger partial charge in [0.25, 0.3) is 0 Å². The molecule has 1 unspecified atom stereocenters. The highest BCUT2D eigenvalue weighted by Gasteiger charge is 2.33. The summed E-state index contributed by atoms with van der Waals surface area (Å²) < 4.78 is 5.45. The van der Waals surface area contributed by atoms with Crippen LogP contribution in [-0.2, 0) is 11.2 Å². The number of rotatable bonds is 2. The van der Waals surface area contributed by atoms with Crippen LogP contribution in [0.1, 0.15) is 31.7 Å². The second-order valence-electron chi connectivity index (χ2n) is 6.12. The molecule has 0 aliphatic carbocycles.